The van der Waals surface area contributed by atoms with E-state index in [4.69, 9.17) is 10.5 Å². The molecule has 0 spiro atoms. The molecule has 0 unspecified atom stereocenters. The van der Waals surface area contributed by atoms with Crippen LogP contribution >= 0.6 is 0 Å². The lowest BCUT2D eigenvalue weighted by Crippen LogP contribution is -2.41. The first-order valence-electron chi connectivity index (χ1n) is 9.31. The number of aromatic hydroxyl groups is 1. The lowest BCUT2D eigenvalue weighted by Gasteiger charge is -2.07. The van der Waals surface area contributed by atoms with Gasteiger partial charge in [-0.2, -0.15) is 4.57 Å². The molecule has 3 N–H and O–H groups in total. The number of aromatic nitrogens is 1. The Labute approximate surface area is 164 Å². The zero-order chi connectivity index (χ0) is 19.5. The molecule has 0 saturated carbocycles. The minimum Gasteiger partial charge on any atom is -0.507 e. The highest BCUT2D eigenvalue weighted by Gasteiger charge is 2.14. The first-order chi connectivity index (χ1) is 13.7. The van der Waals surface area contributed by atoms with Crippen molar-refractivity contribution in [2.75, 3.05) is 13.7 Å². The molecule has 140 valence electrons. The van der Waals surface area contributed by atoms with Crippen molar-refractivity contribution < 1.29 is 14.4 Å². The second-order valence-electron chi connectivity index (χ2n) is 6.68. The molecule has 0 radical (unpaired) electrons. The number of nitrogens with zero attached hydrogens (tertiary/aromatic N) is 1. The van der Waals surface area contributed by atoms with E-state index in [0.717, 1.165) is 38.7 Å². The topological polar surface area (TPSA) is 59.4 Å². The third-order valence-electron chi connectivity index (χ3n) is 4.99. The summed E-state index contributed by atoms with van der Waals surface area (Å²) < 4.78 is 7.52. The van der Waals surface area contributed by atoms with E-state index in [9.17, 15) is 5.11 Å². The van der Waals surface area contributed by atoms with Crippen molar-refractivity contribution in [1.29, 1.82) is 0 Å². The zero-order valence-electron chi connectivity index (χ0n) is 15.8. The Hall–Kier alpha value is -3.37. The number of nitrogens with two attached hydrogens (primary N) is 1. The fourth-order valence-electron chi connectivity index (χ4n) is 3.60. The van der Waals surface area contributed by atoms with E-state index >= 15 is 0 Å². The summed E-state index contributed by atoms with van der Waals surface area (Å²) in [6.07, 6.45) is 4.00. The van der Waals surface area contributed by atoms with Gasteiger partial charge < -0.3 is 15.6 Å². The number of phenols is 1. The maximum atomic E-state index is 10.4. The zero-order valence-corrected chi connectivity index (χ0v) is 15.8. The number of hydrogen-bond donors (Lipinski definition) is 2. The highest BCUT2D eigenvalue weighted by molar-refractivity contribution is 5.95. The Morgan fingerprint density at radius 2 is 1.79 bits per heavy atom. The van der Waals surface area contributed by atoms with Crippen LogP contribution in [0.4, 0.5) is 0 Å². The van der Waals surface area contributed by atoms with Crippen LogP contribution in [0, 0.1) is 0 Å². The molecule has 4 rings (SSSR count). The molecule has 3 aromatic carbocycles. The van der Waals surface area contributed by atoms with E-state index in [1.54, 1.807) is 13.2 Å². The SMILES string of the molecule is COc1ccc2c(ccc(/C=C/c3c(O)ccc4ccccc34)[n+]2CCN)c1. The van der Waals surface area contributed by atoms with Gasteiger partial charge in [0, 0.05) is 23.8 Å². The predicted octanol–water partition coefficient (Wildman–Crippen LogP) is 4.12. The Balaban J connectivity index is 1.84. The Bertz CT molecular complexity index is 1180. The molecule has 1 aromatic heterocycles. The Kier molecular flexibility index (Phi) is 4.96. The van der Waals surface area contributed by atoms with Gasteiger partial charge >= 0.3 is 0 Å². The summed E-state index contributed by atoms with van der Waals surface area (Å²) in [6.45, 7) is 1.24. The van der Waals surface area contributed by atoms with E-state index in [1.807, 2.05) is 54.6 Å². The molecule has 1 heterocycles. The molecule has 28 heavy (non-hydrogen) atoms. The fourth-order valence-corrected chi connectivity index (χ4v) is 3.60. The molecule has 4 nitrogen and oxygen atoms in total. The summed E-state index contributed by atoms with van der Waals surface area (Å²) in [7, 11) is 1.67. The molecule has 0 saturated heterocycles. The number of ether oxygens (including phenoxy) is 1. The average Bonchev–Trinajstić information content (AvgIpc) is 2.73. The minimum absolute atomic E-state index is 0.269. The molecule has 4 heteroatoms. The molecule has 0 fully saturated rings. The van der Waals surface area contributed by atoms with E-state index in [1.165, 1.54) is 0 Å². The highest BCUT2D eigenvalue weighted by atomic mass is 16.5. The number of pyridine rings is 1. The standard InChI is InChI=1S/C24H22N2O2/c1-28-20-10-12-23-18(16-20)6-8-19(26(23)15-14-25)9-11-22-21-5-3-2-4-17(21)7-13-24(22)27/h2-13,16H,14-15,25H2,1H3/p+1. The predicted molar refractivity (Wildman–Crippen MR) is 114 cm³/mol. The van der Waals surface area contributed by atoms with Crippen LogP contribution in [0.15, 0.2) is 66.7 Å². The normalized spacial score (nSPS) is 11.5. The maximum Gasteiger partial charge on any atom is 0.213 e. The molecule has 4 aromatic rings. The van der Waals surface area contributed by atoms with Crippen LogP contribution in [0.3, 0.4) is 0 Å². The van der Waals surface area contributed by atoms with Crippen LogP contribution in [-0.4, -0.2) is 18.8 Å². The van der Waals surface area contributed by atoms with E-state index in [2.05, 4.69) is 22.8 Å². The smallest absolute Gasteiger partial charge is 0.213 e. The minimum atomic E-state index is 0.269. The number of hydrogen-bond acceptors (Lipinski definition) is 3. The molecule has 0 aliphatic carbocycles. The van der Waals surface area contributed by atoms with Crippen molar-refractivity contribution in [3.8, 4) is 11.5 Å². The van der Waals surface area contributed by atoms with Gasteiger partial charge in [-0.3, -0.25) is 0 Å². The number of benzene rings is 3. The summed E-state index contributed by atoms with van der Waals surface area (Å²) in [5.74, 6) is 1.10. The van der Waals surface area contributed by atoms with Crippen molar-refractivity contribution in [3.05, 3.63) is 78.0 Å². The highest BCUT2D eigenvalue weighted by Crippen LogP contribution is 2.29. The summed E-state index contributed by atoms with van der Waals surface area (Å²) in [5, 5.41) is 13.6. The number of phenolic OH excluding ortho intramolecular Hbond substituents is 1. The van der Waals surface area contributed by atoms with Gasteiger partial charge in [-0.25, -0.2) is 0 Å². The van der Waals surface area contributed by atoms with Crippen LogP contribution in [-0.2, 0) is 6.54 Å². The molecular weight excluding hydrogens is 348 g/mol. The second kappa shape index (κ2) is 7.71. The van der Waals surface area contributed by atoms with Gasteiger partial charge in [-0.1, -0.05) is 30.3 Å². The Morgan fingerprint density at radius 1 is 0.964 bits per heavy atom. The molecule has 0 atom stereocenters. The number of methoxy groups -OCH3 is 1. The largest absolute Gasteiger partial charge is 0.507 e. The van der Waals surface area contributed by atoms with Crippen LogP contribution in [0.2, 0.25) is 0 Å². The van der Waals surface area contributed by atoms with Gasteiger partial charge in [0.25, 0.3) is 0 Å². The van der Waals surface area contributed by atoms with Gasteiger partial charge in [-0.05, 0) is 41.1 Å². The van der Waals surface area contributed by atoms with E-state index in [-0.39, 0.29) is 5.75 Å². The van der Waals surface area contributed by atoms with Gasteiger partial charge in [0.1, 0.15) is 11.5 Å². The third-order valence-corrected chi connectivity index (χ3v) is 4.99. The maximum absolute atomic E-state index is 10.4. The first-order valence-corrected chi connectivity index (χ1v) is 9.31. The van der Waals surface area contributed by atoms with Crippen LogP contribution in [0.25, 0.3) is 33.8 Å². The second-order valence-corrected chi connectivity index (χ2v) is 6.68. The fraction of sp³-hybridized carbons (Fsp3) is 0.125. The van der Waals surface area contributed by atoms with Gasteiger partial charge in [0.15, 0.2) is 6.54 Å². The lowest BCUT2D eigenvalue weighted by molar-refractivity contribution is -0.670. The van der Waals surface area contributed by atoms with Crippen molar-refractivity contribution in [1.82, 2.24) is 0 Å². The molecule has 0 bridgehead atoms. The van der Waals surface area contributed by atoms with Crippen molar-refractivity contribution in [3.63, 3.8) is 0 Å². The molecule has 0 amide bonds. The summed E-state index contributed by atoms with van der Waals surface area (Å²) in [6, 6.07) is 21.9. The van der Waals surface area contributed by atoms with Crippen molar-refractivity contribution in [2.45, 2.75) is 6.54 Å². The quantitative estimate of drug-likeness (QED) is 0.519. The molecular formula is C24H23N2O2+. The molecule has 0 aliphatic heterocycles. The summed E-state index contributed by atoms with van der Waals surface area (Å²) >= 11 is 0. The summed E-state index contributed by atoms with van der Waals surface area (Å²) in [4.78, 5) is 0. The lowest BCUT2D eigenvalue weighted by atomic mass is 10.0. The van der Waals surface area contributed by atoms with Crippen LogP contribution in [0.5, 0.6) is 11.5 Å². The monoisotopic (exact) mass is 371 g/mol. The van der Waals surface area contributed by atoms with Crippen LogP contribution < -0.4 is 15.0 Å². The average molecular weight is 371 g/mol. The van der Waals surface area contributed by atoms with Crippen LogP contribution in [0.1, 0.15) is 11.3 Å². The third kappa shape index (κ3) is 3.30. The number of fused-ring (bicyclic) bond motifs is 2. The van der Waals surface area contributed by atoms with E-state index < -0.39 is 0 Å². The number of rotatable bonds is 5. The molecule has 0 aliphatic rings. The Morgan fingerprint density at radius 3 is 2.61 bits per heavy atom. The summed E-state index contributed by atoms with van der Waals surface area (Å²) in [5.41, 5.74) is 8.80. The van der Waals surface area contributed by atoms with Gasteiger partial charge in [0.2, 0.25) is 11.2 Å². The first kappa shape index (κ1) is 18.0. The van der Waals surface area contributed by atoms with Crippen molar-refractivity contribution in [2.24, 2.45) is 5.73 Å². The van der Waals surface area contributed by atoms with E-state index in [0.29, 0.717) is 13.1 Å². The van der Waals surface area contributed by atoms with Crippen molar-refractivity contribution >= 4 is 33.8 Å². The van der Waals surface area contributed by atoms with Gasteiger partial charge in [-0.15, -0.1) is 0 Å². The van der Waals surface area contributed by atoms with Gasteiger partial charge in [0.05, 0.1) is 19.0 Å².